The van der Waals surface area contributed by atoms with E-state index in [-0.39, 0.29) is 16.5 Å². The van der Waals surface area contributed by atoms with Crippen LogP contribution in [0.5, 0.6) is 11.5 Å². The largest absolute Gasteiger partial charge is 2.00 e. The summed E-state index contributed by atoms with van der Waals surface area (Å²) in [5, 5.41) is 21.3. The molecule has 3 aromatic rings. The Morgan fingerprint density at radius 3 is 1.81 bits per heavy atom. The second-order valence-corrected chi connectivity index (χ2v) is 7.17. The van der Waals surface area contributed by atoms with Gasteiger partial charge in [-0.05, 0) is 56.0 Å². The monoisotopic (exact) mass is 472 g/mol. The van der Waals surface area contributed by atoms with E-state index in [1.165, 1.54) is 12.1 Å². The maximum absolute atomic E-state index is 10.7. The van der Waals surface area contributed by atoms with Gasteiger partial charge in [0, 0.05) is 0 Å². The summed E-state index contributed by atoms with van der Waals surface area (Å²) in [6.45, 7) is 6.19. The number of aryl methyl sites for hydroxylation is 1. The van der Waals surface area contributed by atoms with E-state index >= 15 is 0 Å². The molecule has 0 radical (unpaired) electrons. The van der Waals surface area contributed by atoms with Crippen LogP contribution in [0.3, 0.4) is 0 Å². The van der Waals surface area contributed by atoms with Crippen molar-refractivity contribution < 1.29 is 26.7 Å². The fourth-order valence-electron chi connectivity index (χ4n) is 2.85. The fourth-order valence-corrected chi connectivity index (χ4v) is 2.85. The number of aliphatic imine (C=N–C) groups is 2. The van der Waals surface area contributed by atoms with E-state index in [0.29, 0.717) is 0 Å². The Bertz CT molecular complexity index is 987. The minimum Gasteiger partial charge on any atom is -0.873 e. The van der Waals surface area contributed by atoms with Gasteiger partial charge in [0.1, 0.15) is 0 Å². The Morgan fingerprint density at radius 2 is 1.31 bits per heavy atom. The molecule has 0 fully saturated rings. The summed E-state index contributed by atoms with van der Waals surface area (Å²) in [6.07, 6.45) is 4.06. The van der Waals surface area contributed by atoms with Gasteiger partial charge in [-0.2, -0.15) is 0 Å². The summed E-state index contributed by atoms with van der Waals surface area (Å²) in [5.74, 6) is -0.823. The quantitative estimate of drug-likeness (QED) is 0.306. The number of hydrogen-bond acceptors (Lipinski definition) is 4. The average Bonchev–Trinajstić information content (AvgIpc) is 2.80. The van der Waals surface area contributed by atoms with Crippen LogP contribution in [0, 0.1) is 0 Å². The van der Waals surface area contributed by atoms with Crippen LogP contribution in [-0.4, -0.2) is 11.4 Å². The molecule has 0 aromatic heterocycles. The minimum absolute atomic E-state index is 0. The third kappa shape index (κ3) is 9.49. The Labute approximate surface area is 201 Å². The van der Waals surface area contributed by atoms with Crippen LogP contribution >= 0.6 is 0 Å². The van der Waals surface area contributed by atoms with Crippen molar-refractivity contribution in [1.29, 1.82) is 0 Å². The summed E-state index contributed by atoms with van der Waals surface area (Å²) < 4.78 is 0. The number of hydrogen-bond donors (Lipinski definition) is 0. The maximum atomic E-state index is 10.7. The van der Waals surface area contributed by atoms with Gasteiger partial charge in [-0.25, -0.2) is 0 Å². The molecule has 0 amide bonds. The van der Waals surface area contributed by atoms with Gasteiger partial charge >= 0.3 is 16.5 Å². The molecular formula is C27H30N2NiO2. The molecule has 0 saturated heterocycles. The SMILES string of the molecule is CCCCC(=Nc1ccccc1)C(C)=Nc1ccccc1.CCc1ccc([O-])c([O-])c1.[Ni+2]. The third-order valence-electron chi connectivity index (χ3n) is 4.67. The molecule has 0 aliphatic rings. The first-order chi connectivity index (χ1) is 15.0. The molecule has 0 aliphatic heterocycles. The van der Waals surface area contributed by atoms with Crippen molar-refractivity contribution in [2.24, 2.45) is 9.98 Å². The number of benzene rings is 3. The van der Waals surface area contributed by atoms with Crippen LogP contribution in [-0.2, 0) is 22.9 Å². The number of rotatable bonds is 7. The smallest absolute Gasteiger partial charge is 0.873 e. The van der Waals surface area contributed by atoms with Crippen molar-refractivity contribution in [3.8, 4) is 11.5 Å². The van der Waals surface area contributed by atoms with Crippen molar-refractivity contribution in [2.45, 2.75) is 46.5 Å². The molecule has 3 aromatic carbocycles. The van der Waals surface area contributed by atoms with E-state index < -0.39 is 11.5 Å². The molecule has 0 aliphatic carbocycles. The van der Waals surface area contributed by atoms with Crippen LogP contribution < -0.4 is 10.2 Å². The molecule has 32 heavy (non-hydrogen) atoms. The van der Waals surface area contributed by atoms with E-state index in [1.54, 1.807) is 6.07 Å². The molecule has 170 valence electrons. The average molecular weight is 473 g/mol. The normalized spacial score (nSPS) is 11.2. The Morgan fingerprint density at radius 1 is 0.750 bits per heavy atom. The van der Waals surface area contributed by atoms with E-state index in [0.717, 1.165) is 54.0 Å². The van der Waals surface area contributed by atoms with Crippen molar-refractivity contribution in [3.63, 3.8) is 0 Å². The molecule has 0 saturated carbocycles. The van der Waals surface area contributed by atoms with Gasteiger partial charge in [0.15, 0.2) is 0 Å². The number of para-hydroxylation sites is 2. The first-order valence-electron chi connectivity index (χ1n) is 10.7. The second kappa shape index (κ2) is 15.0. The van der Waals surface area contributed by atoms with E-state index in [9.17, 15) is 10.2 Å². The third-order valence-corrected chi connectivity index (χ3v) is 4.67. The Balaban J connectivity index is 0.000000393. The predicted molar refractivity (Wildman–Crippen MR) is 127 cm³/mol. The molecule has 5 heteroatoms. The molecule has 3 rings (SSSR count). The van der Waals surface area contributed by atoms with Gasteiger partial charge in [-0.1, -0.05) is 74.9 Å². The molecule has 0 bridgehead atoms. The van der Waals surface area contributed by atoms with Crippen molar-refractivity contribution in [1.82, 2.24) is 0 Å². The predicted octanol–water partition coefficient (Wildman–Crippen LogP) is 6.14. The zero-order chi connectivity index (χ0) is 22.5. The van der Waals surface area contributed by atoms with Gasteiger partial charge < -0.3 is 10.2 Å². The molecule has 0 spiro atoms. The van der Waals surface area contributed by atoms with Crippen molar-refractivity contribution >= 4 is 22.8 Å². The van der Waals surface area contributed by atoms with E-state index in [2.05, 4.69) is 6.92 Å². The number of unbranched alkanes of at least 4 members (excludes halogenated alkanes) is 1. The van der Waals surface area contributed by atoms with Gasteiger partial charge in [0.2, 0.25) is 0 Å². The Hall–Kier alpha value is -2.91. The maximum Gasteiger partial charge on any atom is 2.00 e. The van der Waals surface area contributed by atoms with Crippen LogP contribution in [0.25, 0.3) is 0 Å². The number of nitrogens with zero attached hydrogens (tertiary/aromatic N) is 2. The second-order valence-electron chi connectivity index (χ2n) is 7.17. The first kappa shape index (κ1) is 27.1. The van der Waals surface area contributed by atoms with Crippen LogP contribution in [0.15, 0.2) is 88.8 Å². The zero-order valence-electron chi connectivity index (χ0n) is 18.9. The van der Waals surface area contributed by atoms with Gasteiger partial charge in [-0.15, -0.1) is 11.5 Å². The standard InChI is InChI=1S/C19H22N2.C8H10O2.Ni/c1-3-4-15-19(21-18-13-9-6-10-14-18)16(2)20-17-11-7-5-8-12-17;1-2-6-3-4-7(9)8(10)5-6;/h5-14H,3-4,15H2,1-2H3;3-5,9-10H,2H2,1H3;/q;;+2/p-2. The molecule has 0 heterocycles. The summed E-state index contributed by atoms with van der Waals surface area (Å²) >= 11 is 0. The molecule has 0 atom stereocenters. The van der Waals surface area contributed by atoms with Gasteiger partial charge in [0.05, 0.1) is 22.8 Å². The van der Waals surface area contributed by atoms with Crippen molar-refractivity contribution in [2.75, 3.05) is 0 Å². The van der Waals surface area contributed by atoms with Crippen LogP contribution in [0.1, 0.15) is 45.6 Å². The summed E-state index contributed by atoms with van der Waals surface area (Å²) in [7, 11) is 0. The molecule has 4 nitrogen and oxygen atoms in total. The van der Waals surface area contributed by atoms with Crippen LogP contribution in [0.4, 0.5) is 11.4 Å². The van der Waals surface area contributed by atoms with Gasteiger partial charge in [-0.3, -0.25) is 9.98 Å². The molecular weight excluding hydrogens is 443 g/mol. The topological polar surface area (TPSA) is 70.8 Å². The van der Waals surface area contributed by atoms with Gasteiger partial charge in [0.25, 0.3) is 0 Å². The van der Waals surface area contributed by atoms with Crippen molar-refractivity contribution in [3.05, 3.63) is 84.4 Å². The fraction of sp³-hybridized carbons (Fsp3) is 0.259. The summed E-state index contributed by atoms with van der Waals surface area (Å²) in [4.78, 5) is 9.47. The Kier molecular flexibility index (Phi) is 12.7. The molecule has 0 N–H and O–H groups in total. The first-order valence-corrected chi connectivity index (χ1v) is 10.7. The minimum atomic E-state index is -0.419. The van der Waals surface area contributed by atoms with Crippen LogP contribution in [0.2, 0.25) is 0 Å². The van der Waals surface area contributed by atoms with E-state index in [1.807, 2.05) is 74.5 Å². The summed E-state index contributed by atoms with van der Waals surface area (Å²) in [6, 6.07) is 24.5. The van der Waals surface area contributed by atoms with E-state index in [4.69, 9.17) is 9.98 Å². The molecule has 0 unspecified atom stereocenters. The zero-order valence-corrected chi connectivity index (χ0v) is 19.8. The summed E-state index contributed by atoms with van der Waals surface area (Å²) in [5.41, 5.74) is 4.97.